The highest BCUT2D eigenvalue weighted by Crippen LogP contribution is 2.31. The van der Waals surface area contributed by atoms with Crippen molar-refractivity contribution in [3.8, 4) is 0 Å². The van der Waals surface area contributed by atoms with Crippen LogP contribution in [0.5, 0.6) is 0 Å². The molecule has 0 radical (unpaired) electrons. The Morgan fingerprint density at radius 3 is 2.92 bits per heavy atom. The largest absolute Gasteiger partial charge is 0.431 e. The highest BCUT2D eigenvalue weighted by atomic mass is 32.2. The van der Waals surface area contributed by atoms with Gasteiger partial charge in [-0.1, -0.05) is 48.2 Å². The number of aryl methyl sites for hydroxylation is 1. The predicted octanol–water partition coefficient (Wildman–Crippen LogP) is 4.50. The zero-order valence-corrected chi connectivity index (χ0v) is 14.9. The third kappa shape index (κ3) is 3.42. The molecule has 0 aliphatic heterocycles. The highest BCUT2D eigenvalue weighted by molar-refractivity contribution is 8.00. The first-order chi connectivity index (χ1) is 12.2. The molecule has 5 heteroatoms. The first kappa shape index (κ1) is 16.2. The molecule has 2 atom stereocenters. The van der Waals surface area contributed by atoms with Crippen molar-refractivity contribution in [2.45, 2.75) is 42.7 Å². The molecule has 1 amide bonds. The summed E-state index contributed by atoms with van der Waals surface area (Å²) in [6.07, 6.45) is 3.19. The second-order valence-electron chi connectivity index (χ2n) is 6.36. The van der Waals surface area contributed by atoms with Crippen molar-refractivity contribution >= 4 is 28.8 Å². The summed E-state index contributed by atoms with van der Waals surface area (Å²) in [5.74, 6) is 0.0222. The molecule has 25 heavy (non-hydrogen) atoms. The summed E-state index contributed by atoms with van der Waals surface area (Å²) in [7, 11) is 0. The Kier molecular flexibility index (Phi) is 4.49. The van der Waals surface area contributed by atoms with Crippen LogP contribution >= 0.6 is 11.8 Å². The maximum Gasteiger partial charge on any atom is 0.257 e. The molecule has 1 aliphatic carbocycles. The molecule has 1 N–H and O–H groups in total. The van der Waals surface area contributed by atoms with Crippen LogP contribution in [-0.2, 0) is 11.2 Å². The number of nitrogens with one attached hydrogen (secondary N) is 1. The van der Waals surface area contributed by atoms with Gasteiger partial charge in [0.1, 0.15) is 5.52 Å². The van der Waals surface area contributed by atoms with E-state index < -0.39 is 0 Å². The average molecular weight is 352 g/mol. The molecule has 1 aliphatic rings. The van der Waals surface area contributed by atoms with Crippen LogP contribution in [0.1, 0.15) is 36.9 Å². The number of aromatic nitrogens is 1. The summed E-state index contributed by atoms with van der Waals surface area (Å²) in [5.41, 5.74) is 4.16. The second-order valence-corrected chi connectivity index (χ2v) is 7.65. The number of para-hydroxylation sites is 2. The van der Waals surface area contributed by atoms with E-state index in [0.717, 1.165) is 30.4 Å². The Labute approximate surface area is 151 Å². The molecular weight excluding hydrogens is 332 g/mol. The van der Waals surface area contributed by atoms with Crippen molar-refractivity contribution in [3.63, 3.8) is 0 Å². The molecule has 0 saturated carbocycles. The van der Waals surface area contributed by atoms with E-state index in [0.29, 0.717) is 5.22 Å². The lowest BCUT2D eigenvalue weighted by atomic mass is 9.88. The molecule has 1 aromatic heterocycles. The number of hydrogen-bond donors (Lipinski definition) is 1. The molecule has 4 nitrogen and oxygen atoms in total. The quantitative estimate of drug-likeness (QED) is 0.702. The number of thioether (sulfide) groups is 1. The molecule has 0 spiro atoms. The van der Waals surface area contributed by atoms with Crippen LogP contribution in [0.2, 0.25) is 0 Å². The molecule has 1 heterocycles. The molecule has 2 aromatic carbocycles. The molecule has 0 saturated heterocycles. The Bertz CT molecular complexity index is 872. The summed E-state index contributed by atoms with van der Waals surface area (Å²) < 4.78 is 5.71. The normalized spacial score (nSPS) is 17.9. The van der Waals surface area contributed by atoms with Crippen LogP contribution in [0.4, 0.5) is 0 Å². The minimum absolute atomic E-state index is 0.0222. The predicted molar refractivity (Wildman–Crippen MR) is 99.6 cm³/mol. The fourth-order valence-corrected chi connectivity index (χ4v) is 4.07. The third-order valence-electron chi connectivity index (χ3n) is 4.61. The first-order valence-corrected chi connectivity index (χ1v) is 9.49. The zero-order valence-electron chi connectivity index (χ0n) is 14.1. The summed E-state index contributed by atoms with van der Waals surface area (Å²) >= 11 is 1.36. The number of carbonyl (C=O) groups is 1. The lowest BCUT2D eigenvalue weighted by Gasteiger charge is -2.27. The van der Waals surface area contributed by atoms with E-state index in [1.165, 1.54) is 22.9 Å². The number of benzene rings is 2. The lowest BCUT2D eigenvalue weighted by Crippen LogP contribution is -2.35. The van der Waals surface area contributed by atoms with Crippen LogP contribution in [-0.4, -0.2) is 16.1 Å². The van der Waals surface area contributed by atoms with Crippen molar-refractivity contribution in [2.24, 2.45) is 0 Å². The van der Waals surface area contributed by atoms with Gasteiger partial charge in [0.25, 0.3) is 5.22 Å². The number of carbonyl (C=O) groups excluding carboxylic acids is 1. The van der Waals surface area contributed by atoms with Crippen LogP contribution < -0.4 is 5.32 Å². The molecule has 3 aromatic rings. The van der Waals surface area contributed by atoms with Gasteiger partial charge >= 0.3 is 0 Å². The fourth-order valence-electron chi connectivity index (χ4n) is 3.30. The van der Waals surface area contributed by atoms with Gasteiger partial charge < -0.3 is 9.73 Å². The maximum absolute atomic E-state index is 12.6. The van der Waals surface area contributed by atoms with Crippen molar-refractivity contribution in [1.29, 1.82) is 0 Å². The van der Waals surface area contributed by atoms with E-state index in [2.05, 4.69) is 28.5 Å². The first-order valence-electron chi connectivity index (χ1n) is 8.61. The molecule has 0 bridgehead atoms. The number of nitrogens with zero attached hydrogens (tertiary/aromatic N) is 1. The second kappa shape index (κ2) is 6.92. The molecule has 0 fully saturated rings. The maximum atomic E-state index is 12.6. The molecule has 128 valence electrons. The molecule has 4 rings (SSSR count). The van der Waals surface area contributed by atoms with Gasteiger partial charge in [-0.15, -0.1) is 0 Å². The van der Waals surface area contributed by atoms with E-state index in [9.17, 15) is 4.79 Å². The Hall–Kier alpha value is -2.27. The minimum Gasteiger partial charge on any atom is -0.431 e. The van der Waals surface area contributed by atoms with E-state index in [-0.39, 0.29) is 17.2 Å². The number of amides is 1. The average Bonchev–Trinajstić information content (AvgIpc) is 3.04. The van der Waals surface area contributed by atoms with Gasteiger partial charge in [-0.3, -0.25) is 4.79 Å². The van der Waals surface area contributed by atoms with E-state index >= 15 is 0 Å². The van der Waals surface area contributed by atoms with Gasteiger partial charge in [0, 0.05) is 0 Å². The number of oxazole rings is 1. The van der Waals surface area contributed by atoms with Gasteiger partial charge in [-0.2, -0.15) is 0 Å². The summed E-state index contributed by atoms with van der Waals surface area (Å²) in [6, 6.07) is 16.1. The number of hydrogen-bond acceptors (Lipinski definition) is 4. The zero-order chi connectivity index (χ0) is 17.2. The molecule has 0 unspecified atom stereocenters. The van der Waals surface area contributed by atoms with E-state index in [4.69, 9.17) is 4.42 Å². The SMILES string of the molecule is C[C@H](Sc1nc2ccccc2o1)C(=O)N[C@H]1CCCc2ccccc21. The Morgan fingerprint density at radius 1 is 1.24 bits per heavy atom. The van der Waals surface area contributed by atoms with E-state index in [1.807, 2.05) is 37.3 Å². The van der Waals surface area contributed by atoms with Crippen LogP contribution in [0.15, 0.2) is 58.2 Å². The van der Waals surface area contributed by atoms with Crippen molar-refractivity contribution in [1.82, 2.24) is 10.3 Å². The summed E-state index contributed by atoms with van der Waals surface area (Å²) in [5, 5.41) is 3.47. The van der Waals surface area contributed by atoms with Gasteiger partial charge in [-0.05, 0) is 49.4 Å². The van der Waals surface area contributed by atoms with E-state index in [1.54, 1.807) is 0 Å². The van der Waals surface area contributed by atoms with Gasteiger partial charge in [0.2, 0.25) is 5.91 Å². The lowest BCUT2D eigenvalue weighted by molar-refractivity contribution is -0.121. The van der Waals surface area contributed by atoms with Crippen LogP contribution in [0, 0.1) is 0 Å². The monoisotopic (exact) mass is 352 g/mol. The van der Waals surface area contributed by atoms with Gasteiger partial charge in [-0.25, -0.2) is 4.98 Å². The topological polar surface area (TPSA) is 55.1 Å². The van der Waals surface area contributed by atoms with Gasteiger partial charge in [0.15, 0.2) is 5.58 Å². The Balaban J connectivity index is 1.44. The number of rotatable bonds is 4. The third-order valence-corrected chi connectivity index (χ3v) is 5.55. The van der Waals surface area contributed by atoms with Crippen LogP contribution in [0.25, 0.3) is 11.1 Å². The fraction of sp³-hybridized carbons (Fsp3) is 0.300. The Morgan fingerprint density at radius 2 is 2.04 bits per heavy atom. The standard InChI is InChI=1S/C20H20N2O2S/c1-13(25-20-22-17-10-4-5-12-18(17)24-20)19(23)21-16-11-6-8-14-7-2-3-9-15(14)16/h2-5,7,9-10,12-13,16H,6,8,11H2,1H3,(H,21,23)/t13-,16-/m0/s1. The minimum atomic E-state index is -0.262. The van der Waals surface area contributed by atoms with Gasteiger partial charge in [0.05, 0.1) is 11.3 Å². The molecular formula is C20H20N2O2S. The highest BCUT2D eigenvalue weighted by Gasteiger charge is 2.25. The van der Waals surface area contributed by atoms with Crippen LogP contribution in [0.3, 0.4) is 0 Å². The van der Waals surface area contributed by atoms with Crippen molar-refractivity contribution in [2.75, 3.05) is 0 Å². The summed E-state index contributed by atoms with van der Waals surface area (Å²) in [4.78, 5) is 17.1. The smallest absolute Gasteiger partial charge is 0.257 e. The summed E-state index contributed by atoms with van der Waals surface area (Å²) in [6.45, 7) is 1.89. The van der Waals surface area contributed by atoms with Crippen molar-refractivity contribution in [3.05, 3.63) is 59.7 Å². The number of fused-ring (bicyclic) bond motifs is 2. The van der Waals surface area contributed by atoms with Crippen molar-refractivity contribution < 1.29 is 9.21 Å².